The molecule has 0 saturated carbocycles. The molecule has 1 aliphatic rings. The number of halogens is 1. The molecule has 1 fully saturated rings. The molecule has 0 aliphatic carbocycles. The number of carbonyl (C=O) groups is 1. The number of allylic oxidation sites excluding steroid dienone is 1. The highest BCUT2D eigenvalue weighted by Gasteiger charge is 2.19. The quantitative estimate of drug-likeness (QED) is 0.295. The Balaban J connectivity index is 0.00000115. The van der Waals surface area contributed by atoms with Gasteiger partial charge in [0.2, 0.25) is 0 Å². The van der Waals surface area contributed by atoms with Gasteiger partial charge in [-0.1, -0.05) is 39.0 Å². The van der Waals surface area contributed by atoms with Crippen LogP contribution in [0.2, 0.25) is 0 Å². The van der Waals surface area contributed by atoms with Crippen molar-refractivity contribution in [2.24, 2.45) is 0 Å². The fourth-order valence-electron chi connectivity index (χ4n) is 3.68. The van der Waals surface area contributed by atoms with E-state index in [1.165, 1.54) is 31.4 Å². The van der Waals surface area contributed by atoms with Gasteiger partial charge < -0.3 is 9.62 Å². The van der Waals surface area contributed by atoms with Gasteiger partial charge in [0.1, 0.15) is 11.6 Å². The number of hydrogen-bond acceptors (Lipinski definition) is 5. The van der Waals surface area contributed by atoms with E-state index in [0.717, 1.165) is 23.7 Å². The Bertz CT molecular complexity index is 1170. The molecule has 0 spiro atoms. The van der Waals surface area contributed by atoms with E-state index in [2.05, 4.69) is 40.1 Å². The highest BCUT2D eigenvalue weighted by molar-refractivity contribution is 8.00. The van der Waals surface area contributed by atoms with Gasteiger partial charge in [-0.15, -0.1) is 0 Å². The minimum Gasteiger partial charge on any atom is -0.348 e. The molecular formula is C28H34FN5OS. The third-order valence-electron chi connectivity index (χ3n) is 5.41. The van der Waals surface area contributed by atoms with Crippen molar-refractivity contribution in [3.05, 3.63) is 84.1 Å². The van der Waals surface area contributed by atoms with Crippen LogP contribution in [0.5, 0.6) is 0 Å². The van der Waals surface area contributed by atoms with Crippen molar-refractivity contribution in [2.75, 3.05) is 16.6 Å². The molecule has 3 aromatic rings. The summed E-state index contributed by atoms with van der Waals surface area (Å²) in [6.07, 6.45) is 10.5. The molecule has 2 aromatic heterocycles. The number of aromatic nitrogens is 3. The Morgan fingerprint density at radius 3 is 2.50 bits per heavy atom. The molecule has 0 atom stereocenters. The van der Waals surface area contributed by atoms with Crippen LogP contribution in [0.15, 0.2) is 61.4 Å². The maximum atomic E-state index is 13.3. The Morgan fingerprint density at radius 1 is 1.17 bits per heavy atom. The minimum absolute atomic E-state index is 0.213. The van der Waals surface area contributed by atoms with Gasteiger partial charge in [0.05, 0.1) is 17.6 Å². The molecule has 8 heteroatoms. The molecule has 190 valence electrons. The minimum atomic E-state index is -0.322. The van der Waals surface area contributed by atoms with E-state index in [9.17, 15) is 9.18 Å². The molecule has 1 aromatic carbocycles. The van der Waals surface area contributed by atoms with Crippen LogP contribution in [0.3, 0.4) is 0 Å². The van der Waals surface area contributed by atoms with Crippen LogP contribution in [0.4, 0.5) is 10.2 Å². The van der Waals surface area contributed by atoms with Gasteiger partial charge in [-0.25, -0.2) is 14.1 Å². The molecule has 1 aliphatic heterocycles. The summed E-state index contributed by atoms with van der Waals surface area (Å²) in [7, 11) is 0. The highest BCUT2D eigenvalue weighted by Crippen LogP contribution is 2.26. The van der Waals surface area contributed by atoms with Gasteiger partial charge in [0.25, 0.3) is 5.91 Å². The molecule has 0 bridgehead atoms. The van der Waals surface area contributed by atoms with E-state index in [1.54, 1.807) is 35.2 Å². The Hall–Kier alpha value is -3.39. The standard InChI is InChI=1S/C25H26FN5OS.C3H8/c1-3-21(22-17-29-31(23(22)4-2)20-10-8-19(26)9-11-20)25(32)28-16-18-7-12-24(27-15-18)30-13-5-6-14-33-30;1-3-2/h3-4,7-12,15,17H,2,5-6,13-14,16H2,1H3,(H,28,32);3H2,1-2H3/b21-3+;. The topological polar surface area (TPSA) is 63.1 Å². The van der Waals surface area contributed by atoms with Crippen molar-refractivity contribution < 1.29 is 9.18 Å². The van der Waals surface area contributed by atoms with Crippen molar-refractivity contribution in [1.82, 2.24) is 20.1 Å². The second-order valence-electron chi connectivity index (χ2n) is 8.30. The molecular weight excluding hydrogens is 473 g/mol. The summed E-state index contributed by atoms with van der Waals surface area (Å²) >= 11 is 1.81. The summed E-state index contributed by atoms with van der Waals surface area (Å²) in [4.78, 5) is 17.5. The first-order chi connectivity index (χ1) is 17.5. The van der Waals surface area contributed by atoms with Crippen LogP contribution >= 0.6 is 11.9 Å². The summed E-state index contributed by atoms with van der Waals surface area (Å²) < 4.78 is 17.2. The second kappa shape index (κ2) is 13.6. The summed E-state index contributed by atoms with van der Waals surface area (Å²) in [6, 6.07) is 10.0. The zero-order valence-corrected chi connectivity index (χ0v) is 22.0. The van der Waals surface area contributed by atoms with Gasteiger partial charge in [0, 0.05) is 36.2 Å². The third-order valence-corrected chi connectivity index (χ3v) is 6.57. The van der Waals surface area contributed by atoms with E-state index in [0.29, 0.717) is 29.1 Å². The zero-order valence-electron chi connectivity index (χ0n) is 21.2. The number of nitrogens with one attached hydrogen (secondary N) is 1. The number of nitrogens with zero attached hydrogens (tertiary/aromatic N) is 4. The van der Waals surface area contributed by atoms with E-state index in [4.69, 9.17) is 0 Å². The van der Waals surface area contributed by atoms with Crippen LogP contribution < -0.4 is 9.62 Å². The monoisotopic (exact) mass is 507 g/mol. The van der Waals surface area contributed by atoms with E-state index in [1.807, 2.05) is 37.2 Å². The Kier molecular flexibility index (Phi) is 10.3. The molecule has 36 heavy (non-hydrogen) atoms. The first kappa shape index (κ1) is 27.2. The third kappa shape index (κ3) is 6.85. The number of benzene rings is 1. The normalized spacial score (nSPS) is 13.6. The molecule has 0 radical (unpaired) electrons. The predicted octanol–water partition coefficient (Wildman–Crippen LogP) is 6.43. The van der Waals surface area contributed by atoms with Gasteiger partial charge in [0.15, 0.2) is 0 Å². The lowest BCUT2D eigenvalue weighted by atomic mass is 10.1. The summed E-state index contributed by atoms with van der Waals surface area (Å²) in [5.41, 5.74) is 3.43. The van der Waals surface area contributed by atoms with Crippen molar-refractivity contribution in [1.29, 1.82) is 0 Å². The number of amides is 1. The molecule has 1 amide bonds. The van der Waals surface area contributed by atoms with Gasteiger partial charge >= 0.3 is 0 Å². The molecule has 4 rings (SSSR count). The average molecular weight is 508 g/mol. The molecule has 6 nitrogen and oxygen atoms in total. The van der Waals surface area contributed by atoms with E-state index in [-0.39, 0.29) is 11.7 Å². The largest absolute Gasteiger partial charge is 0.348 e. The smallest absolute Gasteiger partial charge is 0.251 e. The lowest BCUT2D eigenvalue weighted by molar-refractivity contribution is -0.115. The number of hydrogen-bond donors (Lipinski definition) is 1. The molecule has 3 heterocycles. The molecule has 0 unspecified atom stereocenters. The van der Waals surface area contributed by atoms with Gasteiger partial charge in [-0.05, 0) is 73.7 Å². The second-order valence-corrected chi connectivity index (χ2v) is 9.40. The lowest BCUT2D eigenvalue weighted by Crippen LogP contribution is -2.24. The average Bonchev–Trinajstić information content (AvgIpc) is 3.33. The first-order valence-electron chi connectivity index (χ1n) is 12.3. The maximum Gasteiger partial charge on any atom is 0.251 e. The zero-order chi connectivity index (χ0) is 25.9. The number of anilines is 1. The Morgan fingerprint density at radius 2 is 1.92 bits per heavy atom. The fraction of sp³-hybridized carbons (Fsp3) is 0.321. The summed E-state index contributed by atoms with van der Waals surface area (Å²) in [6.45, 7) is 11.3. The van der Waals surface area contributed by atoms with Crippen LogP contribution in [-0.2, 0) is 11.3 Å². The Labute approximate surface area is 217 Å². The van der Waals surface area contributed by atoms with E-state index >= 15 is 0 Å². The maximum absolute atomic E-state index is 13.3. The van der Waals surface area contributed by atoms with Crippen LogP contribution in [0, 0.1) is 5.82 Å². The predicted molar refractivity (Wildman–Crippen MR) is 148 cm³/mol. The van der Waals surface area contributed by atoms with Crippen molar-refractivity contribution >= 4 is 35.3 Å². The number of carbonyl (C=O) groups excluding carboxylic acids is 1. The lowest BCUT2D eigenvalue weighted by Gasteiger charge is -2.26. The summed E-state index contributed by atoms with van der Waals surface area (Å²) in [5, 5.41) is 7.36. The number of pyridine rings is 1. The highest BCUT2D eigenvalue weighted by atomic mass is 32.2. The van der Waals surface area contributed by atoms with Crippen LogP contribution in [0.25, 0.3) is 17.3 Å². The van der Waals surface area contributed by atoms with Crippen LogP contribution in [-0.4, -0.2) is 33.0 Å². The van der Waals surface area contributed by atoms with Crippen LogP contribution in [0.1, 0.15) is 56.9 Å². The molecule has 1 N–H and O–H groups in total. The first-order valence-corrected chi connectivity index (χ1v) is 13.2. The van der Waals surface area contributed by atoms with Crippen molar-refractivity contribution in [3.63, 3.8) is 0 Å². The van der Waals surface area contributed by atoms with Crippen molar-refractivity contribution in [2.45, 2.75) is 46.6 Å². The van der Waals surface area contributed by atoms with Crippen molar-refractivity contribution in [3.8, 4) is 5.69 Å². The SMILES string of the molecule is C=Cc1c(/C(=C\C)C(=O)NCc2ccc(N3CCCCS3)nc2)cnn1-c1ccc(F)cc1.CCC. The van der Waals surface area contributed by atoms with Gasteiger partial charge in [-0.3, -0.25) is 4.79 Å². The molecule has 1 saturated heterocycles. The summed E-state index contributed by atoms with van der Waals surface area (Å²) in [5.74, 6) is 1.54. The van der Waals surface area contributed by atoms with E-state index < -0.39 is 0 Å². The number of rotatable bonds is 7. The fourth-order valence-corrected chi connectivity index (χ4v) is 4.73. The van der Waals surface area contributed by atoms with Gasteiger partial charge in [-0.2, -0.15) is 5.10 Å².